The average molecular weight is 324 g/mol. The van der Waals surface area contributed by atoms with Crippen molar-refractivity contribution in [2.45, 2.75) is 39.0 Å². The largest absolute Gasteiger partial charge is 0.338 e. The van der Waals surface area contributed by atoms with Gasteiger partial charge in [-0.15, -0.1) is 0 Å². The summed E-state index contributed by atoms with van der Waals surface area (Å²) in [5.41, 5.74) is 3.70. The summed E-state index contributed by atoms with van der Waals surface area (Å²) in [5.74, 6) is 0. The first-order chi connectivity index (χ1) is 11.5. The Labute approximate surface area is 145 Å². The molecule has 0 fully saturated rings. The van der Waals surface area contributed by atoms with Crippen molar-refractivity contribution in [2.75, 3.05) is 13.1 Å². The molecule has 2 rings (SSSR count). The third-order valence-electron chi connectivity index (χ3n) is 4.29. The van der Waals surface area contributed by atoms with Gasteiger partial charge in [-0.05, 0) is 30.9 Å². The molecule has 24 heavy (non-hydrogen) atoms. The second-order valence-corrected chi connectivity index (χ2v) is 6.95. The molecule has 0 radical (unpaired) electrons. The number of hydrogen-bond acceptors (Lipinski definition) is 1. The van der Waals surface area contributed by atoms with E-state index in [0.717, 1.165) is 12.8 Å². The summed E-state index contributed by atoms with van der Waals surface area (Å²) in [7, 11) is 0. The molecule has 2 aromatic rings. The van der Waals surface area contributed by atoms with Gasteiger partial charge >= 0.3 is 6.03 Å². The lowest BCUT2D eigenvalue weighted by molar-refractivity contribution is 0.238. The first kappa shape index (κ1) is 18.1. The maximum absolute atomic E-state index is 12.0. The molecule has 3 nitrogen and oxygen atoms in total. The lowest BCUT2D eigenvalue weighted by Crippen LogP contribution is -2.42. The minimum Gasteiger partial charge on any atom is -0.338 e. The Kier molecular flexibility index (Phi) is 6.42. The minimum atomic E-state index is -0.0942. The summed E-state index contributed by atoms with van der Waals surface area (Å²) in [5, 5.41) is 5.92. The number of hydrogen-bond donors (Lipinski definition) is 2. The van der Waals surface area contributed by atoms with Crippen LogP contribution in [0.2, 0.25) is 0 Å². The second-order valence-electron chi connectivity index (χ2n) is 6.95. The highest BCUT2D eigenvalue weighted by Gasteiger charge is 2.21. The molecular formula is C21H28N2O. The molecule has 0 atom stereocenters. The van der Waals surface area contributed by atoms with E-state index in [2.05, 4.69) is 67.8 Å². The second kappa shape index (κ2) is 8.53. The molecule has 0 aromatic heterocycles. The molecule has 0 unspecified atom stereocenters. The van der Waals surface area contributed by atoms with Crippen molar-refractivity contribution in [3.63, 3.8) is 0 Å². The van der Waals surface area contributed by atoms with Crippen LogP contribution >= 0.6 is 0 Å². The first-order valence-corrected chi connectivity index (χ1v) is 8.60. The van der Waals surface area contributed by atoms with Gasteiger partial charge in [-0.1, -0.05) is 74.0 Å². The van der Waals surface area contributed by atoms with Gasteiger partial charge < -0.3 is 10.6 Å². The Balaban J connectivity index is 1.69. The zero-order valence-corrected chi connectivity index (χ0v) is 14.9. The van der Waals surface area contributed by atoms with Crippen molar-refractivity contribution >= 4 is 6.03 Å². The quantitative estimate of drug-likeness (QED) is 0.736. The van der Waals surface area contributed by atoms with Gasteiger partial charge in [0.2, 0.25) is 0 Å². The van der Waals surface area contributed by atoms with Gasteiger partial charge in [0.25, 0.3) is 0 Å². The van der Waals surface area contributed by atoms with Crippen LogP contribution in [0.4, 0.5) is 4.79 Å². The fourth-order valence-electron chi connectivity index (χ4n) is 2.61. The van der Waals surface area contributed by atoms with Gasteiger partial charge in [-0.2, -0.15) is 0 Å². The Bertz CT molecular complexity index is 633. The summed E-state index contributed by atoms with van der Waals surface area (Å²) in [6, 6.07) is 18.7. The number of nitrogens with one attached hydrogen (secondary N) is 2. The Morgan fingerprint density at radius 3 is 2.29 bits per heavy atom. The Morgan fingerprint density at radius 2 is 1.62 bits per heavy atom. The molecule has 0 saturated carbocycles. The fraction of sp³-hybridized carbons (Fsp3) is 0.381. The Morgan fingerprint density at radius 1 is 0.958 bits per heavy atom. The van der Waals surface area contributed by atoms with Crippen molar-refractivity contribution in [1.29, 1.82) is 0 Å². The van der Waals surface area contributed by atoms with Crippen molar-refractivity contribution in [1.82, 2.24) is 10.6 Å². The molecule has 0 aliphatic carbocycles. The van der Waals surface area contributed by atoms with Crippen LogP contribution in [0.3, 0.4) is 0 Å². The van der Waals surface area contributed by atoms with Crippen LogP contribution in [-0.2, 0) is 11.8 Å². The number of aryl methyl sites for hydroxylation is 2. The molecule has 2 aromatic carbocycles. The number of carbonyl (C=O) groups is 1. The standard InChI is InChI=1S/C21H28N2O/c1-17-11-13-19(14-12-17)21(2,3)16-23-20(24)22-15-7-10-18-8-5-4-6-9-18/h4-6,8-9,11-14H,7,10,15-16H2,1-3H3,(H2,22,23,24). The normalized spacial score (nSPS) is 11.1. The summed E-state index contributed by atoms with van der Waals surface area (Å²) in [6.07, 6.45) is 1.93. The number of amides is 2. The molecule has 2 amide bonds. The molecule has 3 heteroatoms. The first-order valence-electron chi connectivity index (χ1n) is 8.60. The van der Waals surface area contributed by atoms with Crippen LogP contribution in [0.1, 0.15) is 37.0 Å². The molecule has 0 aliphatic heterocycles. The lowest BCUT2D eigenvalue weighted by atomic mass is 9.84. The van der Waals surface area contributed by atoms with Crippen LogP contribution in [0.5, 0.6) is 0 Å². The summed E-state index contributed by atoms with van der Waals surface area (Å²) in [6.45, 7) is 7.67. The predicted molar refractivity (Wildman–Crippen MR) is 100 cm³/mol. The van der Waals surface area contributed by atoms with Gasteiger partial charge in [0.1, 0.15) is 0 Å². The minimum absolute atomic E-state index is 0.0882. The van der Waals surface area contributed by atoms with Crippen molar-refractivity contribution in [3.05, 3.63) is 71.3 Å². The Hall–Kier alpha value is -2.29. The zero-order valence-electron chi connectivity index (χ0n) is 14.9. The molecule has 0 saturated heterocycles. The third kappa shape index (κ3) is 5.73. The summed E-state index contributed by atoms with van der Waals surface area (Å²) in [4.78, 5) is 12.0. The van der Waals surface area contributed by atoms with Crippen LogP contribution in [-0.4, -0.2) is 19.1 Å². The van der Waals surface area contributed by atoms with E-state index in [1.54, 1.807) is 0 Å². The van der Waals surface area contributed by atoms with E-state index in [1.165, 1.54) is 16.7 Å². The fourth-order valence-corrected chi connectivity index (χ4v) is 2.61. The topological polar surface area (TPSA) is 41.1 Å². The number of urea groups is 1. The van der Waals surface area contributed by atoms with E-state index in [9.17, 15) is 4.79 Å². The van der Waals surface area contributed by atoms with E-state index in [0.29, 0.717) is 13.1 Å². The highest BCUT2D eigenvalue weighted by atomic mass is 16.2. The van der Waals surface area contributed by atoms with Gasteiger partial charge in [-0.25, -0.2) is 4.79 Å². The number of benzene rings is 2. The molecule has 0 spiro atoms. The van der Waals surface area contributed by atoms with Gasteiger partial charge in [0.15, 0.2) is 0 Å². The monoisotopic (exact) mass is 324 g/mol. The molecule has 0 aliphatic rings. The maximum Gasteiger partial charge on any atom is 0.314 e. The lowest BCUT2D eigenvalue weighted by Gasteiger charge is -2.26. The number of carbonyl (C=O) groups excluding carboxylic acids is 1. The molecule has 128 valence electrons. The number of rotatable bonds is 7. The highest BCUT2D eigenvalue weighted by Crippen LogP contribution is 2.22. The summed E-state index contributed by atoms with van der Waals surface area (Å²) < 4.78 is 0. The zero-order chi connectivity index (χ0) is 17.4. The van der Waals surface area contributed by atoms with Gasteiger partial charge in [0, 0.05) is 18.5 Å². The van der Waals surface area contributed by atoms with E-state index < -0.39 is 0 Å². The predicted octanol–water partition coefficient (Wildman–Crippen LogP) is 4.20. The van der Waals surface area contributed by atoms with Crippen LogP contribution in [0.15, 0.2) is 54.6 Å². The maximum atomic E-state index is 12.0. The van der Waals surface area contributed by atoms with Crippen LogP contribution in [0.25, 0.3) is 0 Å². The molecule has 0 bridgehead atoms. The van der Waals surface area contributed by atoms with Crippen molar-refractivity contribution in [3.8, 4) is 0 Å². The molecule has 2 N–H and O–H groups in total. The molecule has 0 heterocycles. The van der Waals surface area contributed by atoms with Gasteiger partial charge in [-0.3, -0.25) is 0 Å². The highest BCUT2D eigenvalue weighted by molar-refractivity contribution is 5.73. The van der Waals surface area contributed by atoms with Crippen molar-refractivity contribution in [2.24, 2.45) is 0 Å². The smallest absolute Gasteiger partial charge is 0.314 e. The van der Waals surface area contributed by atoms with Crippen molar-refractivity contribution < 1.29 is 4.79 Å². The van der Waals surface area contributed by atoms with Crippen LogP contribution in [0, 0.1) is 6.92 Å². The van der Waals surface area contributed by atoms with Crippen LogP contribution < -0.4 is 10.6 Å². The average Bonchev–Trinajstić information content (AvgIpc) is 2.58. The van der Waals surface area contributed by atoms with Gasteiger partial charge in [0.05, 0.1) is 0 Å². The molecular weight excluding hydrogens is 296 g/mol. The SMILES string of the molecule is Cc1ccc(C(C)(C)CNC(=O)NCCCc2ccccc2)cc1. The van der Waals surface area contributed by atoms with E-state index in [1.807, 2.05) is 18.2 Å². The van der Waals surface area contributed by atoms with E-state index >= 15 is 0 Å². The summed E-state index contributed by atoms with van der Waals surface area (Å²) >= 11 is 0. The van der Waals surface area contributed by atoms with E-state index in [4.69, 9.17) is 0 Å². The third-order valence-corrected chi connectivity index (χ3v) is 4.29. The van der Waals surface area contributed by atoms with E-state index in [-0.39, 0.29) is 11.4 Å².